The third-order valence-corrected chi connectivity index (χ3v) is 4.15. The standard InChI is InChI=1S/C19H16BrFN4O2/c1-27-18-7-6-13(8-14(18)11-25-12-15(20)10-23-25)9-22-24-19(26)16-4-2-3-5-17(16)21/h2-10,12H,11H2,1H3,(H,24,26)/b22-9+. The lowest BCUT2D eigenvalue weighted by atomic mass is 10.1. The van der Waals surface area contributed by atoms with E-state index in [0.717, 1.165) is 15.6 Å². The molecular formula is C19H16BrFN4O2. The summed E-state index contributed by atoms with van der Waals surface area (Å²) in [6.07, 6.45) is 5.05. The van der Waals surface area contributed by atoms with Crippen molar-refractivity contribution in [3.63, 3.8) is 0 Å². The van der Waals surface area contributed by atoms with Crippen LogP contribution >= 0.6 is 15.9 Å². The highest BCUT2D eigenvalue weighted by atomic mass is 79.9. The Morgan fingerprint density at radius 3 is 2.89 bits per heavy atom. The minimum Gasteiger partial charge on any atom is -0.496 e. The maximum absolute atomic E-state index is 13.6. The topological polar surface area (TPSA) is 68.5 Å². The van der Waals surface area contributed by atoms with Crippen LogP contribution in [0.1, 0.15) is 21.5 Å². The molecule has 3 aromatic rings. The van der Waals surface area contributed by atoms with Gasteiger partial charge < -0.3 is 4.74 Å². The van der Waals surface area contributed by atoms with Crippen molar-refractivity contribution in [2.45, 2.75) is 6.54 Å². The lowest BCUT2D eigenvalue weighted by Gasteiger charge is -2.09. The van der Waals surface area contributed by atoms with Gasteiger partial charge in [-0.05, 0) is 51.8 Å². The molecule has 0 saturated carbocycles. The van der Waals surface area contributed by atoms with Crippen molar-refractivity contribution in [1.82, 2.24) is 15.2 Å². The first-order chi connectivity index (χ1) is 13.1. The van der Waals surface area contributed by atoms with Crippen molar-refractivity contribution in [1.29, 1.82) is 0 Å². The zero-order valence-electron chi connectivity index (χ0n) is 14.4. The molecule has 1 aromatic heterocycles. The third kappa shape index (κ3) is 4.79. The summed E-state index contributed by atoms with van der Waals surface area (Å²) in [5.74, 6) is -0.490. The highest BCUT2D eigenvalue weighted by Crippen LogP contribution is 2.21. The van der Waals surface area contributed by atoms with Gasteiger partial charge in [0.25, 0.3) is 5.91 Å². The number of carbonyl (C=O) groups excluding carboxylic acids is 1. The predicted octanol–water partition coefficient (Wildman–Crippen LogP) is 3.61. The van der Waals surface area contributed by atoms with Gasteiger partial charge in [0.15, 0.2) is 0 Å². The van der Waals surface area contributed by atoms with E-state index in [4.69, 9.17) is 4.74 Å². The average Bonchev–Trinajstić information content (AvgIpc) is 3.07. The van der Waals surface area contributed by atoms with Crippen LogP contribution in [-0.4, -0.2) is 29.0 Å². The summed E-state index contributed by atoms with van der Waals surface area (Å²) in [5, 5.41) is 8.14. The highest BCUT2D eigenvalue weighted by Gasteiger charge is 2.09. The normalized spacial score (nSPS) is 10.9. The van der Waals surface area contributed by atoms with E-state index in [-0.39, 0.29) is 5.56 Å². The number of benzene rings is 2. The average molecular weight is 431 g/mol. The van der Waals surface area contributed by atoms with Crippen molar-refractivity contribution >= 4 is 28.1 Å². The fourth-order valence-corrected chi connectivity index (χ4v) is 2.80. The molecule has 2 aromatic carbocycles. The molecule has 27 heavy (non-hydrogen) atoms. The molecular weight excluding hydrogens is 415 g/mol. The van der Waals surface area contributed by atoms with Gasteiger partial charge in [-0.3, -0.25) is 9.48 Å². The molecule has 0 radical (unpaired) electrons. The number of amides is 1. The second-order valence-electron chi connectivity index (χ2n) is 5.61. The molecule has 1 N–H and O–H groups in total. The van der Waals surface area contributed by atoms with Gasteiger partial charge in [-0.2, -0.15) is 10.2 Å². The fourth-order valence-electron chi connectivity index (χ4n) is 2.47. The molecule has 0 unspecified atom stereocenters. The number of nitrogens with zero attached hydrogens (tertiary/aromatic N) is 3. The number of halogens is 2. The van der Waals surface area contributed by atoms with Gasteiger partial charge >= 0.3 is 0 Å². The van der Waals surface area contributed by atoms with E-state index in [1.807, 2.05) is 18.3 Å². The molecule has 1 heterocycles. The summed E-state index contributed by atoms with van der Waals surface area (Å²) >= 11 is 3.36. The maximum atomic E-state index is 13.6. The summed E-state index contributed by atoms with van der Waals surface area (Å²) < 4.78 is 21.6. The molecule has 6 nitrogen and oxygen atoms in total. The Labute approximate surface area is 163 Å². The predicted molar refractivity (Wildman–Crippen MR) is 103 cm³/mol. The summed E-state index contributed by atoms with van der Waals surface area (Å²) in [5.41, 5.74) is 3.92. The summed E-state index contributed by atoms with van der Waals surface area (Å²) in [6, 6.07) is 11.2. The van der Waals surface area contributed by atoms with Gasteiger partial charge in [0.1, 0.15) is 11.6 Å². The third-order valence-electron chi connectivity index (χ3n) is 3.74. The summed E-state index contributed by atoms with van der Waals surface area (Å²) in [4.78, 5) is 12.0. The number of hydrogen-bond donors (Lipinski definition) is 1. The number of hydrazone groups is 1. The van der Waals surface area contributed by atoms with Crippen molar-refractivity contribution in [2.75, 3.05) is 7.11 Å². The Balaban J connectivity index is 1.73. The van der Waals surface area contributed by atoms with Crippen molar-refractivity contribution in [3.05, 3.63) is 81.8 Å². The van der Waals surface area contributed by atoms with E-state index in [1.165, 1.54) is 24.4 Å². The Kier molecular flexibility index (Phi) is 5.97. The maximum Gasteiger partial charge on any atom is 0.274 e. The first kappa shape index (κ1) is 18.8. The first-order valence-electron chi connectivity index (χ1n) is 7.99. The molecule has 3 rings (SSSR count). The highest BCUT2D eigenvalue weighted by molar-refractivity contribution is 9.10. The van der Waals surface area contributed by atoms with Gasteiger partial charge in [-0.25, -0.2) is 9.82 Å². The van der Waals surface area contributed by atoms with Gasteiger partial charge in [0, 0.05) is 11.8 Å². The lowest BCUT2D eigenvalue weighted by Crippen LogP contribution is -2.18. The molecule has 0 atom stereocenters. The van der Waals surface area contributed by atoms with Crippen LogP contribution in [0.4, 0.5) is 4.39 Å². The number of aromatic nitrogens is 2. The van der Waals surface area contributed by atoms with Gasteiger partial charge in [0.05, 0.1) is 36.1 Å². The van der Waals surface area contributed by atoms with E-state index in [0.29, 0.717) is 12.3 Å². The van der Waals surface area contributed by atoms with E-state index >= 15 is 0 Å². The number of methoxy groups -OCH3 is 1. The molecule has 138 valence electrons. The molecule has 0 bridgehead atoms. The number of rotatable bonds is 6. The van der Waals surface area contributed by atoms with Crippen LogP contribution in [-0.2, 0) is 6.54 Å². The van der Waals surface area contributed by atoms with Gasteiger partial charge in [0.2, 0.25) is 0 Å². The number of carbonyl (C=O) groups is 1. The van der Waals surface area contributed by atoms with Crippen molar-refractivity contribution in [2.24, 2.45) is 5.10 Å². The zero-order valence-corrected chi connectivity index (χ0v) is 16.0. The molecule has 0 aliphatic carbocycles. The van der Waals surface area contributed by atoms with E-state index in [2.05, 4.69) is 31.6 Å². The number of ether oxygens (including phenoxy) is 1. The van der Waals surface area contributed by atoms with Crippen LogP contribution in [0.2, 0.25) is 0 Å². The second kappa shape index (κ2) is 8.59. The number of nitrogens with one attached hydrogen (secondary N) is 1. The molecule has 0 fully saturated rings. The quantitative estimate of drug-likeness (QED) is 0.479. The van der Waals surface area contributed by atoms with Crippen molar-refractivity contribution < 1.29 is 13.9 Å². The number of hydrogen-bond acceptors (Lipinski definition) is 4. The van der Waals surface area contributed by atoms with Crippen LogP contribution in [0.5, 0.6) is 5.75 Å². The minimum atomic E-state index is -0.612. The Hall–Kier alpha value is -3.00. The summed E-state index contributed by atoms with van der Waals surface area (Å²) in [7, 11) is 1.60. The first-order valence-corrected chi connectivity index (χ1v) is 8.79. The van der Waals surface area contributed by atoms with Gasteiger partial charge in [-0.15, -0.1) is 0 Å². The molecule has 1 amide bonds. The molecule has 0 aliphatic rings. The lowest BCUT2D eigenvalue weighted by molar-refractivity contribution is 0.0951. The Bertz CT molecular complexity index is 987. The Morgan fingerprint density at radius 1 is 1.37 bits per heavy atom. The molecule has 8 heteroatoms. The van der Waals surface area contributed by atoms with E-state index < -0.39 is 11.7 Å². The Morgan fingerprint density at radius 2 is 2.19 bits per heavy atom. The van der Waals surface area contributed by atoms with Crippen LogP contribution in [0, 0.1) is 5.82 Å². The monoisotopic (exact) mass is 430 g/mol. The zero-order chi connectivity index (χ0) is 19.2. The second-order valence-corrected chi connectivity index (χ2v) is 6.52. The van der Waals surface area contributed by atoms with Crippen molar-refractivity contribution in [3.8, 4) is 5.75 Å². The summed E-state index contributed by atoms with van der Waals surface area (Å²) in [6.45, 7) is 0.512. The van der Waals surface area contributed by atoms with Crippen LogP contribution < -0.4 is 10.2 Å². The van der Waals surface area contributed by atoms with Crippen LogP contribution in [0.25, 0.3) is 0 Å². The largest absolute Gasteiger partial charge is 0.496 e. The molecule has 0 aliphatic heterocycles. The van der Waals surface area contributed by atoms with E-state index in [1.54, 1.807) is 30.1 Å². The van der Waals surface area contributed by atoms with Crippen LogP contribution in [0.15, 0.2) is 64.4 Å². The molecule has 0 saturated heterocycles. The van der Waals surface area contributed by atoms with Crippen LogP contribution in [0.3, 0.4) is 0 Å². The smallest absolute Gasteiger partial charge is 0.274 e. The minimum absolute atomic E-state index is 0.0608. The van der Waals surface area contributed by atoms with E-state index in [9.17, 15) is 9.18 Å². The SMILES string of the molecule is COc1ccc(/C=N/NC(=O)c2ccccc2F)cc1Cn1cc(Br)cn1. The molecule has 0 spiro atoms. The fraction of sp³-hybridized carbons (Fsp3) is 0.105. The van der Waals surface area contributed by atoms with Gasteiger partial charge in [-0.1, -0.05) is 12.1 Å².